The highest BCUT2D eigenvalue weighted by molar-refractivity contribution is 7.85. The second-order valence-corrected chi connectivity index (χ2v) is 6.02. The molecule has 1 N–H and O–H groups in total. The monoisotopic (exact) mass is 318 g/mol. The molecule has 1 unspecified atom stereocenters. The second kappa shape index (κ2) is 8.45. The first-order chi connectivity index (χ1) is 9.86. The number of rotatable bonds is 9. The summed E-state index contributed by atoms with van der Waals surface area (Å²) in [5.74, 6) is 0. The Hall–Kier alpha value is -0.990. The third kappa shape index (κ3) is 6.11. The average Bonchev–Trinajstić information content (AvgIpc) is 2.41. The molecule has 21 heavy (non-hydrogen) atoms. The minimum absolute atomic E-state index is 0.124. The average molecular weight is 318 g/mol. The summed E-state index contributed by atoms with van der Waals surface area (Å²) in [5.41, 5.74) is 1.33. The van der Waals surface area contributed by atoms with Gasteiger partial charge in [0.25, 0.3) is 10.1 Å². The molecule has 1 aromatic carbocycles. The molecule has 0 fully saturated rings. The molecule has 1 atom stereocenters. The predicted octanol–water partition coefficient (Wildman–Crippen LogP) is 1.98. The predicted molar refractivity (Wildman–Crippen MR) is 78.1 cm³/mol. The topological polar surface area (TPSA) is 82.1 Å². The van der Waals surface area contributed by atoms with Crippen molar-refractivity contribution in [3.63, 3.8) is 0 Å². The minimum Gasteiger partial charge on any atom is -0.382 e. The first kappa shape index (κ1) is 18.1. The summed E-state index contributed by atoms with van der Waals surface area (Å²) < 4.78 is 47.7. The Morgan fingerprint density at radius 3 is 2.48 bits per heavy atom. The fourth-order valence-electron chi connectivity index (χ4n) is 1.84. The van der Waals surface area contributed by atoms with Gasteiger partial charge in [0.1, 0.15) is 0 Å². The molecular weight excluding hydrogens is 296 g/mol. The van der Waals surface area contributed by atoms with Crippen LogP contribution in [0, 0.1) is 6.92 Å². The van der Waals surface area contributed by atoms with Crippen LogP contribution in [-0.2, 0) is 24.3 Å². The van der Waals surface area contributed by atoms with Gasteiger partial charge in [-0.1, -0.05) is 17.7 Å². The summed E-state index contributed by atoms with van der Waals surface area (Å²) in [6.07, 6.45) is -0.465. The van der Waals surface area contributed by atoms with E-state index in [4.69, 9.17) is 14.2 Å². The zero-order valence-electron chi connectivity index (χ0n) is 12.5. The van der Waals surface area contributed by atoms with Crippen molar-refractivity contribution in [3.8, 4) is 0 Å². The lowest BCUT2D eigenvalue weighted by Gasteiger charge is -2.17. The van der Waals surface area contributed by atoms with Crippen molar-refractivity contribution in [1.29, 1.82) is 0 Å². The molecule has 0 bridgehead atoms. The standard InChI is InChI=1S/C14H22O6S/c1-11-4-5-14(21(15,16)17)13(10-11)12(2)20-9-8-19-7-6-18-3/h4-5,10,12H,6-9H2,1-3H3,(H,15,16,17). The third-order valence-corrected chi connectivity index (χ3v) is 3.84. The van der Waals surface area contributed by atoms with E-state index in [1.807, 2.05) is 6.92 Å². The van der Waals surface area contributed by atoms with Crippen molar-refractivity contribution in [2.45, 2.75) is 24.8 Å². The number of hydrogen-bond acceptors (Lipinski definition) is 5. The fraction of sp³-hybridized carbons (Fsp3) is 0.571. The molecule has 0 radical (unpaired) electrons. The van der Waals surface area contributed by atoms with Gasteiger partial charge >= 0.3 is 0 Å². The van der Waals surface area contributed by atoms with Crippen molar-refractivity contribution in [3.05, 3.63) is 29.3 Å². The van der Waals surface area contributed by atoms with Gasteiger partial charge in [0.15, 0.2) is 0 Å². The van der Waals surface area contributed by atoms with Gasteiger partial charge in [0, 0.05) is 12.7 Å². The number of methoxy groups -OCH3 is 1. The maximum Gasteiger partial charge on any atom is 0.294 e. The summed E-state index contributed by atoms with van der Waals surface area (Å²) >= 11 is 0. The van der Waals surface area contributed by atoms with E-state index in [0.29, 0.717) is 32.0 Å². The zero-order valence-corrected chi connectivity index (χ0v) is 13.4. The van der Waals surface area contributed by atoms with Gasteiger partial charge in [-0.15, -0.1) is 0 Å². The summed E-state index contributed by atoms with van der Waals surface area (Å²) in [5, 5.41) is 0. The maximum atomic E-state index is 11.4. The fourth-order valence-corrected chi connectivity index (χ4v) is 2.60. The summed E-state index contributed by atoms with van der Waals surface area (Å²) in [6.45, 7) is 5.29. The Morgan fingerprint density at radius 2 is 1.86 bits per heavy atom. The minimum atomic E-state index is -4.27. The van der Waals surface area contributed by atoms with E-state index in [9.17, 15) is 13.0 Å². The van der Waals surface area contributed by atoms with Crippen molar-refractivity contribution in [1.82, 2.24) is 0 Å². The van der Waals surface area contributed by atoms with E-state index < -0.39 is 16.2 Å². The van der Waals surface area contributed by atoms with Crippen molar-refractivity contribution in [2.24, 2.45) is 0 Å². The van der Waals surface area contributed by atoms with Gasteiger partial charge in [0.2, 0.25) is 0 Å². The van der Waals surface area contributed by atoms with Crippen molar-refractivity contribution < 1.29 is 27.2 Å². The molecule has 1 rings (SSSR count). The lowest BCUT2D eigenvalue weighted by atomic mass is 10.1. The lowest BCUT2D eigenvalue weighted by Crippen LogP contribution is -2.12. The van der Waals surface area contributed by atoms with E-state index in [1.165, 1.54) is 6.07 Å². The van der Waals surface area contributed by atoms with Crippen molar-refractivity contribution in [2.75, 3.05) is 33.5 Å². The van der Waals surface area contributed by atoms with E-state index in [1.54, 1.807) is 26.2 Å². The normalized spacial score (nSPS) is 13.3. The SMILES string of the molecule is COCCOCCOC(C)c1cc(C)ccc1S(=O)(=O)O. The quantitative estimate of drug-likeness (QED) is 0.554. The van der Waals surface area contributed by atoms with Crippen LogP contribution in [0.4, 0.5) is 0 Å². The third-order valence-electron chi connectivity index (χ3n) is 2.91. The second-order valence-electron chi connectivity index (χ2n) is 4.63. The maximum absolute atomic E-state index is 11.4. The van der Waals surface area contributed by atoms with Crippen LogP contribution in [0.2, 0.25) is 0 Å². The van der Waals surface area contributed by atoms with Gasteiger partial charge in [-0.3, -0.25) is 4.55 Å². The van der Waals surface area contributed by atoms with Gasteiger partial charge < -0.3 is 14.2 Å². The Labute approximate surface area is 125 Å². The molecule has 7 heteroatoms. The molecule has 0 aliphatic carbocycles. The zero-order chi connectivity index (χ0) is 15.9. The molecule has 6 nitrogen and oxygen atoms in total. The summed E-state index contributed by atoms with van der Waals surface area (Å²) in [6, 6.07) is 4.71. The first-order valence-electron chi connectivity index (χ1n) is 6.62. The van der Waals surface area contributed by atoms with Gasteiger partial charge in [-0.25, -0.2) is 0 Å². The number of hydrogen-bond donors (Lipinski definition) is 1. The molecule has 0 aromatic heterocycles. The van der Waals surface area contributed by atoms with E-state index in [-0.39, 0.29) is 4.90 Å². The van der Waals surface area contributed by atoms with Crippen LogP contribution >= 0.6 is 0 Å². The van der Waals surface area contributed by atoms with E-state index in [0.717, 1.165) is 5.56 Å². The van der Waals surface area contributed by atoms with Gasteiger partial charge in [-0.2, -0.15) is 8.42 Å². The van der Waals surface area contributed by atoms with Crippen LogP contribution in [0.15, 0.2) is 23.1 Å². The van der Waals surface area contributed by atoms with Crippen LogP contribution in [0.1, 0.15) is 24.2 Å². The van der Waals surface area contributed by atoms with Gasteiger partial charge in [0.05, 0.1) is 37.4 Å². The Balaban J connectivity index is 2.65. The summed E-state index contributed by atoms with van der Waals surface area (Å²) in [7, 11) is -2.67. The smallest absolute Gasteiger partial charge is 0.294 e. The highest BCUT2D eigenvalue weighted by Crippen LogP contribution is 2.26. The van der Waals surface area contributed by atoms with Crippen LogP contribution in [0.5, 0.6) is 0 Å². The van der Waals surface area contributed by atoms with Crippen LogP contribution in [0.25, 0.3) is 0 Å². The molecule has 0 aliphatic heterocycles. The molecule has 120 valence electrons. The number of ether oxygens (including phenoxy) is 3. The Bertz CT molecular complexity index is 540. The van der Waals surface area contributed by atoms with Crippen LogP contribution in [0.3, 0.4) is 0 Å². The Morgan fingerprint density at radius 1 is 1.19 bits per heavy atom. The number of benzene rings is 1. The van der Waals surface area contributed by atoms with Crippen molar-refractivity contribution >= 4 is 10.1 Å². The molecular formula is C14H22O6S. The highest BCUT2D eigenvalue weighted by atomic mass is 32.2. The van der Waals surface area contributed by atoms with E-state index in [2.05, 4.69) is 0 Å². The molecule has 0 saturated carbocycles. The summed E-state index contributed by atoms with van der Waals surface area (Å²) in [4.78, 5) is -0.124. The molecule has 0 spiro atoms. The van der Waals surface area contributed by atoms with Crippen LogP contribution < -0.4 is 0 Å². The first-order valence-corrected chi connectivity index (χ1v) is 8.06. The molecule has 0 amide bonds. The molecule has 0 heterocycles. The lowest BCUT2D eigenvalue weighted by molar-refractivity contribution is -0.00198. The van der Waals surface area contributed by atoms with E-state index >= 15 is 0 Å². The highest BCUT2D eigenvalue weighted by Gasteiger charge is 2.19. The molecule has 1 aromatic rings. The molecule has 0 aliphatic rings. The largest absolute Gasteiger partial charge is 0.382 e. The Kier molecular flexibility index (Phi) is 7.27. The molecule has 0 saturated heterocycles. The number of aryl methyl sites for hydroxylation is 1. The van der Waals surface area contributed by atoms with Gasteiger partial charge in [-0.05, 0) is 19.9 Å². The van der Waals surface area contributed by atoms with Crippen LogP contribution in [-0.4, -0.2) is 46.5 Å².